The molecule has 20 heavy (non-hydrogen) atoms. The summed E-state index contributed by atoms with van der Waals surface area (Å²) in [6.45, 7) is 0. The maximum absolute atomic E-state index is 12.1. The van der Waals surface area contributed by atoms with E-state index in [9.17, 15) is 13.2 Å². The molecule has 0 radical (unpaired) electrons. The molecule has 3 rings (SSSR count). The Morgan fingerprint density at radius 1 is 1.15 bits per heavy atom. The Morgan fingerprint density at radius 2 is 1.85 bits per heavy atom. The van der Waals surface area contributed by atoms with Crippen LogP contribution in [0.15, 0.2) is 52.0 Å². The van der Waals surface area contributed by atoms with Gasteiger partial charge in [0.15, 0.2) is 5.76 Å². The average molecular weight is 291 g/mol. The molecular weight excluding hydrogens is 278 g/mol. The molecule has 104 valence electrons. The van der Waals surface area contributed by atoms with Gasteiger partial charge in [-0.25, -0.2) is 13.1 Å². The lowest BCUT2D eigenvalue weighted by Gasteiger charge is -2.06. The molecule has 1 fully saturated rings. The summed E-state index contributed by atoms with van der Waals surface area (Å²) >= 11 is 0. The monoisotopic (exact) mass is 291 g/mol. The second-order valence-electron chi connectivity index (χ2n) is 4.73. The molecule has 0 saturated heterocycles. The molecule has 0 bridgehead atoms. The lowest BCUT2D eigenvalue weighted by molar-refractivity contribution is 0.0953. The Hall–Kier alpha value is -2.08. The summed E-state index contributed by atoms with van der Waals surface area (Å²) in [5.41, 5.74) is 0.783. The standard InChI is InChI=1S/C14H13NO4S/c16-14(13-12(8-9-19-13)10-6-7-10)15-20(17,18)11-4-2-1-3-5-11/h1-5,8-10H,6-7H2,(H,15,16). The van der Waals surface area contributed by atoms with E-state index < -0.39 is 15.9 Å². The number of hydrogen-bond acceptors (Lipinski definition) is 4. The summed E-state index contributed by atoms with van der Waals surface area (Å²) in [4.78, 5) is 12.1. The molecule has 1 N–H and O–H groups in total. The van der Waals surface area contributed by atoms with Crippen molar-refractivity contribution in [3.8, 4) is 0 Å². The van der Waals surface area contributed by atoms with Crippen molar-refractivity contribution in [2.45, 2.75) is 23.7 Å². The van der Waals surface area contributed by atoms with Crippen LogP contribution in [-0.2, 0) is 10.0 Å². The van der Waals surface area contributed by atoms with Crippen LogP contribution < -0.4 is 4.72 Å². The first-order chi connectivity index (χ1) is 9.58. The number of furan rings is 1. The van der Waals surface area contributed by atoms with Crippen LogP contribution in [0.2, 0.25) is 0 Å². The molecule has 1 aromatic heterocycles. The molecule has 1 aliphatic rings. The van der Waals surface area contributed by atoms with E-state index in [1.165, 1.54) is 18.4 Å². The van der Waals surface area contributed by atoms with Gasteiger partial charge in [-0.15, -0.1) is 0 Å². The van der Waals surface area contributed by atoms with E-state index in [4.69, 9.17) is 4.42 Å². The molecule has 0 aliphatic heterocycles. The zero-order valence-corrected chi connectivity index (χ0v) is 11.4. The first-order valence-corrected chi connectivity index (χ1v) is 7.76. The van der Waals surface area contributed by atoms with Crippen molar-refractivity contribution < 1.29 is 17.6 Å². The number of carbonyl (C=O) groups excluding carboxylic acids is 1. The molecule has 1 amide bonds. The van der Waals surface area contributed by atoms with Gasteiger partial charge in [0.2, 0.25) is 0 Å². The smallest absolute Gasteiger partial charge is 0.300 e. The van der Waals surface area contributed by atoms with Crippen LogP contribution >= 0.6 is 0 Å². The number of sulfonamides is 1. The molecule has 1 aromatic carbocycles. The summed E-state index contributed by atoms with van der Waals surface area (Å²) in [7, 11) is -3.87. The van der Waals surface area contributed by atoms with Gasteiger partial charge < -0.3 is 4.42 Å². The topological polar surface area (TPSA) is 76.4 Å². The molecule has 0 spiro atoms. The quantitative estimate of drug-likeness (QED) is 0.937. The van der Waals surface area contributed by atoms with Crippen molar-refractivity contribution in [1.29, 1.82) is 0 Å². The van der Waals surface area contributed by atoms with Crippen LogP contribution in [0, 0.1) is 0 Å². The maximum Gasteiger partial charge on any atom is 0.300 e. The van der Waals surface area contributed by atoms with Crippen molar-refractivity contribution in [1.82, 2.24) is 4.72 Å². The lowest BCUT2D eigenvalue weighted by atomic mass is 10.1. The largest absolute Gasteiger partial charge is 0.459 e. The number of amides is 1. The van der Waals surface area contributed by atoms with E-state index >= 15 is 0 Å². The van der Waals surface area contributed by atoms with Crippen molar-refractivity contribution in [3.63, 3.8) is 0 Å². The minimum Gasteiger partial charge on any atom is -0.459 e. The molecule has 0 unspecified atom stereocenters. The first kappa shape index (κ1) is 12.9. The highest BCUT2D eigenvalue weighted by molar-refractivity contribution is 7.90. The fraction of sp³-hybridized carbons (Fsp3) is 0.214. The summed E-state index contributed by atoms with van der Waals surface area (Å²) in [5, 5.41) is 0. The lowest BCUT2D eigenvalue weighted by Crippen LogP contribution is -2.30. The predicted molar refractivity (Wildman–Crippen MR) is 71.8 cm³/mol. The zero-order valence-electron chi connectivity index (χ0n) is 10.6. The molecular formula is C14H13NO4S. The van der Waals surface area contributed by atoms with Gasteiger partial charge in [-0.05, 0) is 37.0 Å². The van der Waals surface area contributed by atoms with Crippen molar-refractivity contribution >= 4 is 15.9 Å². The van der Waals surface area contributed by atoms with Crippen LogP contribution in [0.4, 0.5) is 0 Å². The molecule has 6 heteroatoms. The SMILES string of the molecule is O=C(NS(=O)(=O)c1ccccc1)c1occc1C1CC1. The van der Waals surface area contributed by atoms with Crippen molar-refractivity contribution in [2.24, 2.45) is 0 Å². The van der Waals surface area contributed by atoms with E-state index in [0.717, 1.165) is 18.4 Å². The van der Waals surface area contributed by atoms with E-state index in [2.05, 4.69) is 0 Å². The maximum atomic E-state index is 12.1. The van der Waals surface area contributed by atoms with Gasteiger partial charge in [0.25, 0.3) is 10.0 Å². The second-order valence-corrected chi connectivity index (χ2v) is 6.41. The van der Waals surface area contributed by atoms with Gasteiger partial charge >= 0.3 is 5.91 Å². The average Bonchev–Trinajstić information content (AvgIpc) is 3.16. The number of hydrogen-bond donors (Lipinski definition) is 1. The zero-order chi connectivity index (χ0) is 14.2. The van der Waals surface area contributed by atoms with E-state index in [-0.39, 0.29) is 10.7 Å². The Balaban J connectivity index is 1.84. The summed E-state index contributed by atoms with van der Waals surface area (Å²) in [6.07, 6.45) is 3.42. The summed E-state index contributed by atoms with van der Waals surface area (Å²) < 4.78 is 31.3. The van der Waals surface area contributed by atoms with Gasteiger partial charge in [0, 0.05) is 5.56 Å². The predicted octanol–water partition coefficient (Wildman–Crippen LogP) is 2.28. The minimum atomic E-state index is -3.87. The van der Waals surface area contributed by atoms with Crippen LogP contribution in [0.5, 0.6) is 0 Å². The van der Waals surface area contributed by atoms with E-state index in [1.807, 2.05) is 4.72 Å². The van der Waals surface area contributed by atoms with Gasteiger partial charge in [-0.3, -0.25) is 4.79 Å². The Bertz CT molecular complexity index is 730. The fourth-order valence-electron chi connectivity index (χ4n) is 2.05. The van der Waals surface area contributed by atoms with E-state index in [1.54, 1.807) is 24.3 Å². The number of rotatable bonds is 4. The van der Waals surface area contributed by atoms with Gasteiger partial charge in [0.05, 0.1) is 11.2 Å². The molecule has 2 aromatic rings. The first-order valence-electron chi connectivity index (χ1n) is 6.27. The Kier molecular flexibility index (Phi) is 3.10. The fourth-order valence-corrected chi connectivity index (χ4v) is 3.02. The van der Waals surface area contributed by atoms with Gasteiger partial charge in [-0.1, -0.05) is 18.2 Å². The summed E-state index contributed by atoms with van der Waals surface area (Å²) in [5.74, 6) is -0.318. The Labute approximate surface area is 116 Å². The minimum absolute atomic E-state index is 0.0490. The highest BCUT2D eigenvalue weighted by Gasteiger charge is 2.31. The number of nitrogens with one attached hydrogen (secondary N) is 1. The molecule has 0 atom stereocenters. The highest BCUT2D eigenvalue weighted by atomic mass is 32.2. The molecule has 1 heterocycles. The van der Waals surface area contributed by atoms with Crippen LogP contribution in [0.25, 0.3) is 0 Å². The van der Waals surface area contributed by atoms with E-state index in [0.29, 0.717) is 5.92 Å². The normalized spacial score (nSPS) is 15.0. The number of benzene rings is 1. The third-order valence-corrected chi connectivity index (χ3v) is 4.55. The third kappa shape index (κ3) is 2.46. The Morgan fingerprint density at radius 3 is 2.50 bits per heavy atom. The summed E-state index contributed by atoms with van der Waals surface area (Å²) in [6, 6.07) is 9.49. The van der Waals surface area contributed by atoms with Gasteiger partial charge in [-0.2, -0.15) is 0 Å². The second kappa shape index (κ2) is 4.79. The molecule has 1 saturated carbocycles. The van der Waals surface area contributed by atoms with Gasteiger partial charge in [0.1, 0.15) is 0 Å². The van der Waals surface area contributed by atoms with Crippen molar-refractivity contribution in [2.75, 3.05) is 0 Å². The highest BCUT2D eigenvalue weighted by Crippen LogP contribution is 2.42. The van der Waals surface area contributed by atoms with Crippen LogP contribution in [-0.4, -0.2) is 14.3 Å². The molecule has 5 nitrogen and oxygen atoms in total. The number of carbonyl (C=O) groups is 1. The third-order valence-electron chi connectivity index (χ3n) is 3.20. The van der Waals surface area contributed by atoms with Crippen molar-refractivity contribution in [3.05, 3.63) is 54.0 Å². The molecule has 1 aliphatic carbocycles. The van der Waals surface area contributed by atoms with Crippen LogP contribution in [0.3, 0.4) is 0 Å². The van der Waals surface area contributed by atoms with Crippen LogP contribution in [0.1, 0.15) is 34.9 Å².